The first-order valence-corrected chi connectivity index (χ1v) is 6.47. The second kappa shape index (κ2) is 4.94. The van der Waals surface area contributed by atoms with Crippen LogP contribution < -0.4 is 10.5 Å². The molecule has 2 aromatic rings. The fourth-order valence-corrected chi connectivity index (χ4v) is 2.58. The molecule has 102 valence electrons. The van der Waals surface area contributed by atoms with Crippen molar-refractivity contribution in [3.63, 3.8) is 0 Å². The molecular weight excluding hydrogens is 256 g/mol. The second-order valence-electron chi connectivity index (χ2n) is 4.84. The van der Waals surface area contributed by atoms with Crippen LogP contribution in [-0.4, -0.2) is 35.8 Å². The molecule has 6 heteroatoms. The van der Waals surface area contributed by atoms with E-state index in [-0.39, 0.29) is 17.2 Å². The van der Waals surface area contributed by atoms with Gasteiger partial charge in [0.15, 0.2) is 0 Å². The second-order valence-corrected chi connectivity index (χ2v) is 4.84. The molecule has 0 bridgehead atoms. The van der Waals surface area contributed by atoms with Crippen molar-refractivity contribution in [3.05, 3.63) is 34.4 Å². The number of hydrogen-bond donors (Lipinski definition) is 1. The van der Waals surface area contributed by atoms with Gasteiger partial charge >= 0.3 is 0 Å². The Bertz CT molecular complexity index is 747. The smallest absolute Gasteiger partial charge is 0.268 e. The molecule has 1 atom stereocenters. The summed E-state index contributed by atoms with van der Waals surface area (Å²) in [7, 11) is 0. The normalized spacial score (nSPS) is 19.0. The maximum atomic E-state index is 12.0. The van der Waals surface area contributed by atoms with Crippen molar-refractivity contribution >= 4 is 16.6 Å². The molecule has 0 aliphatic carbocycles. The molecule has 1 aliphatic rings. The molecular formula is C14H14N4O2. The topological polar surface area (TPSA) is 82.0 Å². The number of nitrogens with zero attached hydrogens (tertiary/aromatic N) is 3. The van der Waals surface area contributed by atoms with E-state index in [1.807, 2.05) is 24.0 Å². The Morgan fingerprint density at radius 1 is 1.60 bits per heavy atom. The minimum atomic E-state index is -0.373. The van der Waals surface area contributed by atoms with E-state index in [9.17, 15) is 10.1 Å². The summed E-state index contributed by atoms with van der Waals surface area (Å²) in [6.45, 7) is 3.90. The van der Waals surface area contributed by atoms with Crippen molar-refractivity contribution in [2.75, 3.05) is 24.6 Å². The predicted octanol–water partition coefficient (Wildman–Crippen LogP) is 1.02. The van der Waals surface area contributed by atoms with Gasteiger partial charge in [-0.15, -0.1) is 0 Å². The van der Waals surface area contributed by atoms with E-state index in [2.05, 4.69) is 9.97 Å². The molecule has 0 aromatic carbocycles. The summed E-state index contributed by atoms with van der Waals surface area (Å²) >= 11 is 0. The van der Waals surface area contributed by atoms with E-state index in [1.54, 1.807) is 12.4 Å². The van der Waals surface area contributed by atoms with E-state index in [1.165, 1.54) is 0 Å². The van der Waals surface area contributed by atoms with Gasteiger partial charge in [-0.2, -0.15) is 5.26 Å². The van der Waals surface area contributed by atoms with Crippen LogP contribution in [0.2, 0.25) is 0 Å². The van der Waals surface area contributed by atoms with Crippen LogP contribution in [0.1, 0.15) is 12.5 Å². The summed E-state index contributed by atoms with van der Waals surface area (Å²) < 4.78 is 5.52. The monoisotopic (exact) mass is 270 g/mol. The first-order valence-electron chi connectivity index (χ1n) is 6.47. The van der Waals surface area contributed by atoms with Gasteiger partial charge in [-0.3, -0.25) is 9.78 Å². The average Bonchev–Trinajstić information content (AvgIpc) is 2.45. The lowest BCUT2D eigenvalue weighted by atomic mass is 10.1. The van der Waals surface area contributed by atoms with E-state index >= 15 is 0 Å². The van der Waals surface area contributed by atoms with Gasteiger partial charge in [0.1, 0.15) is 11.6 Å². The molecule has 3 heterocycles. The summed E-state index contributed by atoms with van der Waals surface area (Å²) in [6, 6.07) is 3.84. The zero-order chi connectivity index (χ0) is 14.1. The molecule has 0 unspecified atom stereocenters. The number of H-pyrrole nitrogens is 1. The van der Waals surface area contributed by atoms with Gasteiger partial charge in [-0.1, -0.05) is 0 Å². The summed E-state index contributed by atoms with van der Waals surface area (Å²) in [5.74, 6) is 0. The number of nitriles is 1. The highest BCUT2D eigenvalue weighted by atomic mass is 16.5. The van der Waals surface area contributed by atoms with Crippen molar-refractivity contribution in [2.24, 2.45) is 0 Å². The van der Waals surface area contributed by atoms with Gasteiger partial charge in [-0.25, -0.2) is 0 Å². The molecule has 6 nitrogen and oxygen atoms in total. The van der Waals surface area contributed by atoms with Gasteiger partial charge in [0.25, 0.3) is 5.56 Å². The van der Waals surface area contributed by atoms with Crippen molar-refractivity contribution in [3.8, 4) is 6.07 Å². The van der Waals surface area contributed by atoms with Crippen molar-refractivity contribution < 1.29 is 4.74 Å². The number of ether oxygens (including phenoxy) is 1. The van der Waals surface area contributed by atoms with Crippen LogP contribution >= 0.6 is 0 Å². The quantitative estimate of drug-likeness (QED) is 0.836. The Labute approximate surface area is 115 Å². The van der Waals surface area contributed by atoms with E-state index < -0.39 is 0 Å². The summed E-state index contributed by atoms with van der Waals surface area (Å²) in [6.07, 6.45) is 3.34. The number of pyridine rings is 2. The van der Waals surface area contributed by atoms with Crippen molar-refractivity contribution in [1.29, 1.82) is 5.26 Å². The number of fused-ring (bicyclic) bond motifs is 1. The molecule has 1 N–H and O–H groups in total. The summed E-state index contributed by atoms with van der Waals surface area (Å²) in [4.78, 5) is 20.8. The lowest BCUT2D eigenvalue weighted by molar-refractivity contribution is 0.0533. The average molecular weight is 270 g/mol. The van der Waals surface area contributed by atoms with Crippen LogP contribution in [0, 0.1) is 11.3 Å². The molecule has 20 heavy (non-hydrogen) atoms. The van der Waals surface area contributed by atoms with Gasteiger partial charge < -0.3 is 14.6 Å². The minimum Gasteiger partial charge on any atom is -0.375 e. The van der Waals surface area contributed by atoms with Crippen LogP contribution in [-0.2, 0) is 4.74 Å². The Morgan fingerprint density at radius 3 is 3.20 bits per heavy atom. The summed E-state index contributed by atoms with van der Waals surface area (Å²) in [5.41, 5.74) is 1.11. The highest BCUT2D eigenvalue weighted by Gasteiger charge is 2.23. The Kier molecular flexibility index (Phi) is 3.12. The molecule has 0 radical (unpaired) electrons. The maximum Gasteiger partial charge on any atom is 0.268 e. The minimum absolute atomic E-state index is 0.0754. The predicted molar refractivity (Wildman–Crippen MR) is 74.7 cm³/mol. The van der Waals surface area contributed by atoms with Gasteiger partial charge in [0.2, 0.25) is 0 Å². The van der Waals surface area contributed by atoms with Crippen LogP contribution in [0.3, 0.4) is 0 Å². The van der Waals surface area contributed by atoms with Gasteiger partial charge in [-0.05, 0) is 13.0 Å². The molecule has 1 aliphatic heterocycles. The highest BCUT2D eigenvalue weighted by Crippen LogP contribution is 2.28. The lowest BCUT2D eigenvalue weighted by Gasteiger charge is -2.33. The fraction of sp³-hybridized carbons (Fsp3) is 0.357. The molecule has 0 saturated carbocycles. The molecule has 0 spiro atoms. The van der Waals surface area contributed by atoms with E-state index in [0.29, 0.717) is 30.9 Å². The SMILES string of the molecule is C[C@@H]1CN(c2c(C#N)c(=O)[nH]c3cnccc23)CCO1. The highest BCUT2D eigenvalue weighted by molar-refractivity contribution is 5.93. The summed E-state index contributed by atoms with van der Waals surface area (Å²) in [5, 5.41) is 10.1. The number of aromatic amines is 1. The third-order valence-corrected chi connectivity index (χ3v) is 3.46. The molecule has 0 amide bonds. The van der Waals surface area contributed by atoms with Gasteiger partial charge in [0.05, 0.1) is 30.1 Å². The van der Waals surface area contributed by atoms with E-state index in [0.717, 1.165) is 5.39 Å². The number of aromatic nitrogens is 2. The lowest BCUT2D eigenvalue weighted by Crippen LogP contribution is -2.42. The van der Waals surface area contributed by atoms with Crippen LogP contribution in [0.25, 0.3) is 10.9 Å². The number of anilines is 1. The third kappa shape index (κ3) is 2.02. The molecule has 1 fully saturated rings. The third-order valence-electron chi connectivity index (χ3n) is 3.46. The molecule has 3 rings (SSSR count). The maximum absolute atomic E-state index is 12.0. The number of nitrogens with one attached hydrogen (secondary N) is 1. The first kappa shape index (κ1) is 12.6. The Morgan fingerprint density at radius 2 is 2.45 bits per heavy atom. The number of morpholine rings is 1. The largest absolute Gasteiger partial charge is 0.375 e. The standard InChI is InChI=1S/C14H14N4O2/c1-9-8-18(4-5-20-9)13-10-2-3-16-7-12(10)17-14(19)11(13)6-15/h2-3,7,9H,4-5,8H2,1H3,(H,17,19)/t9-/m1/s1. The first-order chi connectivity index (χ1) is 9.70. The zero-order valence-corrected chi connectivity index (χ0v) is 11.1. The van der Waals surface area contributed by atoms with Crippen LogP contribution in [0.5, 0.6) is 0 Å². The van der Waals surface area contributed by atoms with E-state index in [4.69, 9.17) is 4.74 Å². The zero-order valence-electron chi connectivity index (χ0n) is 11.1. The van der Waals surface area contributed by atoms with Crippen LogP contribution in [0.4, 0.5) is 5.69 Å². The molecule has 1 saturated heterocycles. The van der Waals surface area contributed by atoms with Crippen molar-refractivity contribution in [2.45, 2.75) is 13.0 Å². The Balaban J connectivity index is 2.26. The number of hydrogen-bond acceptors (Lipinski definition) is 5. The molecule has 2 aromatic heterocycles. The fourth-order valence-electron chi connectivity index (χ4n) is 2.58. The van der Waals surface area contributed by atoms with Crippen LogP contribution in [0.15, 0.2) is 23.3 Å². The number of rotatable bonds is 1. The van der Waals surface area contributed by atoms with Gasteiger partial charge in [0, 0.05) is 24.7 Å². The van der Waals surface area contributed by atoms with Crippen molar-refractivity contribution in [1.82, 2.24) is 9.97 Å². The Hall–Kier alpha value is -2.39.